The van der Waals surface area contributed by atoms with E-state index in [9.17, 15) is 0 Å². The molecule has 20 heavy (non-hydrogen) atoms. The highest BCUT2D eigenvalue weighted by molar-refractivity contribution is 5.82. The van der Waals surface area contributed by atoms with Crippen molar-refractivity contribution < 1.29 is 4.57 Å². The van der Waals surface area contributed by atoms with Crippen molar-refractivity contribution in [1.82, 2.24) is 4.98 Å². The van der Waals surface area contributed by atoms with Crippen molar-refractivity contribution in [2.75, 3.05) is 0 Å². The maximum absolute atomic E-state index is 4.24. The topological polar surface area (TPSA) is 16.8 Å². The van der Waals surface area contributed by atoms with Crippen LogP contribution in [0.25, 0.3) is 22.4 Å². The van der Waals surface area contributed by atoms with Crippen LogP contribution >= 0.6 is 0 Å². The van der Waals surface area contributed by atoms with E-state index in [2.05, 4.69) is 52.0 Å². The van der Waals surface area contributed by atoms with Crippen LogP contribution in [-0.2, 0) is 13.0 Å². The third kappa shape index (κ3) is 1.19. The number of hydrogen-bond acceptors (Lipinski definition) is 1. The summed E-state index contributed by atoms with van der Waals surface area (Å²) in [5.74, 6) is 0. The zero-order chi connectivity index (χ0) is 13.1. The standard InChI is InChI=1S/C18H13N2/c1-2-4-13-12(3-1)9-16-14(13)5-6-15-17(16)10-20-11-19-8-7-18(15)20/h1-8,11H,9-10H2/q+1. The van der Waals surface area contributed by atoms with Crippen molar-refractivity contribution in [1.29, 1.82) is 0 Å². The molecule has 0 fully saturated rings. The molecule has 2 aliphatic rings. The minimum Gasteiger partial charge on any atom is -0.226 e. The number of nitrogens with zero attached hydrogens (tertiary/aromatic N) is 2. The van der Waals surface area contributed by atoms with E-state index in [0.29, 0.717) is 0 Å². The highest BCUT2D eigenvalue weighted by Crippen LogP contribution is 2.42. The second-order valence-electron chi connectivity index (χ2n) is 5.55. The Morgan fingerprint density at radius 1 is 0.850 bits per heavy atom. The monoisotopic (exact) mass is 257 g/mol. The average molecular weight is 257 g/mol. The Morgan fingerprint density at radius 2 is 1.75 bits per heavy atom. The first kappa shape index (κ1) is 10.3. The number of aromatic nitrogens is 2. The molecular formula is C18H13N2+. The first-order valence-electron chi connectivity index (χ1n) is 6.99. The Balaban J connectivity index is 1.78. The summed E-state index contributed by atoms with van der Waals surface area (Å²) in [4.78, 5) is 4.24. The lowest BCUT2D eigenvalue weighted by Gasteiger charge is -2.05. The summed E-state index contributed by atoms with van der Waals surface area (Å²) >= 11 is 0. The molecule has 1 aliphatic heterocycles. The predicted octanol–water partition coefficient (Wildman–Crippen LogP) is 2.97. The molecule has 0 atom stereocenters. The van der Waals surface area contributed by atoms with Gasteiger partial charge in [-0.2, -0.15) is 0 Å². The van der Waals surface area contributed by atoms with Crippen LogP contribution in [0.15, 0.2) is 55.0 Å². The molecule has 2 nitrogen and oxygen atoms in total. The summed E-state index contributed by atoms with van der Waals surface area (Å²) in [6.07, 6.45) is 4.88. The normalized spacial score (nSPS) is 13.6. The van der Waals surface area contributed by atoms with E-state index in [1.165, 1.54) is 39.1 Å². The van der Waals surface area contributed by atoms with Gasteiger partial charge in [0, 0.05) is 17.2 Å². The number of fused-ring (bicyclic) bond motifs is 7. The highest BCUT2D eigenvalue weighted by Gasteiger charge is 2.29. The summed E-state index contributed by atoms with van der Waals surface area (Å²) in [5.41, 5.74) is 9.92. The summed E-state index contributed by atoms with van der Waals surface area (Å²) in [6.45, 7) is 0.954. The molecule has 94 valence electrons. The van der Waals surface area contributed by atoms with Crippen LogP contribution in [0.3, 0.4) is 0 Å². The van der Waals surface area contributed by atoms with Crippen LogP contribution in [0.5, 0.6) is 0 Å². The Kier molecular flexibility index (Phi) is 1.83. The zero-order valence-electron chi connectivity index (χ0n) is 11.0. The van der Waals surface area contributed by atoms with E-state index >= 15 is 0 Å². The summed E-state index contributed by atoms with van der Waals surface area (Å²) in [6, 6.07) is 15.4. The van der Waals surface area contributed by atoms with Gasteiger partial charge in [-0.1, -0.05) is 35.3 Å². The molecule has 1 aromatic heterocycles. The van der Waals surface area contributed by atoms with Crippen molar-refractivity contribution in [3.63, 3.8) is 0 Å². The molecule has 0 bridgehead atoms. The molecular weight excluding hydrogens is 244 g/mol. The third-order valence-electron chi connectivity index (χ3n) is 4.54. The van der Waals surface area contributed by atoms with Crippen molar-refractivity contribution >= 4 is 0 Å². The van der Waals surface area contributed by atoms with Gasteiger partial charge in [0.2, 0.25) is 0 Å². The lowest BCUT2D eigenvalue weighted by molar-refractivity contribution is -0.675. The van der Waals surface area contributed by atoms with Crippen LogP contribution < -0.4 is 4.57 Å². The van der Waals surface area contributed by atoms with E-state index < -0.39 is 0 Å². The molecule has 2 heteroatoms. The second-order valence-corrected chi connectivity index (χ2v) is 5.55. The van der Waals surface area contributed by atoms with E-state index in [0.717, 1.165) is 13.0 Å². The van der Waals surface area contributed by atoms with Crippen molar-refractivity contribution in [3.05, 3.63) is 71.7 Å². The van der Waals surface area contributed by atoms with Gasteiger partial charge < -0.3 is 0 Å². The van der Waals surface area contributed by atoms with Gasteiger partial charge in [0.25, 0.3) is 6.33 Å². The largest absolute Gasteiger partial charge is 0.286 e. The summed E-state index contributed by atoms with van der Waals surface area (Å²) in [5, 5.41) is 0. The van der Waals surface area contributed by atoms with Crippen molar-refractivity contribution in [2.24, 2.45) is 0 Å². The smallest absolute Gasteiger partial charge is 0.226 e. The lowest BCUT2D eigenvalue weighted by Crippen LogP contribution is -2.32. The minimum absolute atomic E-state index is 0.954. The molecule has 2 aromatic carbocycles. The average Bonchev–Trinajstić information content (AvgIpc) is 3.05. The molecule has 0 amide bonds. The molecule has 1 aliphatic carbocycles. The first-order chi connectivity index (χ1) is 9.92. The van der Waals surface area contributed by atoms with E-state index in [1.807, 2.05) is 12.5 Å². The van der Waals surface area contributed by atoms with Gasteiger partial charge in [-0.3, -0.25) is 0 Å². The number of rotatable bonds is 0. The Bertz CT molecular complexity index is 793. The van der Waals surface area contributed by atoms with Crippen molar-refractivity contribution in [2.45, 2.75) is 13.0 Å². The Morgan fingerprint density at radius 3 is 2.75 bits per heavy atom. The molecule has 0 spiro atoms. The van der Waals surface area contributed by atoms with Gasteiger partial charge >= 0.3 is 0 Å². The fourth-order valence-electron chi connectivity index (χ4n) is 3.63. The summed E-state index contributed by atoms with van der Waals surface area (Å²) in [7, 11) is 0. The maximum Gasteiger partial charge on any atom is 0.286 e. The minimum atomic E-state index is 0.954. The Labute approximate surface area is 117 Å². The van der Waals surface area contributed by atoms with Gasteiger partial charge in [0.1, 0.15) is 18.4 Å². The van der Waals surface area contributed by atoms with Crippen LogP contribution in [0, 0.1) is 0 Å². The SMILES string of the molecule is c1ccc2c(c1)Cc1c-2ccc2c1C[n+]1cnccc1-2. The van der Waals surface area contributed by atoms with Gasteiger partial charge in [0.05, 0.1) is 0 Å². The molecule has 5 rings (SSSR count). The molecule has 3 aromatic rings. The highest BCUT2D eigenvalue weighted by atomic mass is 15.0. The van der Waals surface area contributed by atoms with Crippen LogP contribution in [0.4, 0.5) is 0 Å². The van der Waals surface area contributed by atoms with E-state index in [4.69, 9.17) is 0 Å². The van der Waals surface area contributed by atoms with Crippen LogP contribution in [-0.4, -0.2) is 4.98 Å². The second kappa shape index (κ2) is 3.54. The Hall–Kier alpha value is -2.48. The van der Waals surface area contributed by atoms with E-state index in [1.54, 1.807) is 0 Å². The first-order valence-corrected chi connectivity index (χ1v) is 6.99. The third-order valence-corrected chi connectivity index (χ3v) is 4.54. The molecule has 2 heterocycles. The molecule has 0 N–H and O–H groups in total. The van der Waals surface area contributed by atoms with Gasteiger partial charge in [0.15, 0.2) is 0 Å². The maximum atomic E-state index is 4.24. The van der Waals surface area contributed by atoms with Crippen LogP contribution in [0.1, 0.15) is 16.7 Å². The fraction of sp³-hybridized carbons (Fsp3) is 0.111. The lowest BCUT2D eigenvalue weighted by atomic mass is 9.97. The number of hydrogen-bond donors (Lipinski definition) is 0. The van der Waals surface area contributed by atoms with Crippen molar-refractivity contribution in [3.8, 4) is 22.4 Å². The predicted molar refractivity (Wildman–Crippen MR) is 77.2 cm³/mol. The fourth-order valence-corrected chi connectivity index (χ4v) is 3.63. The molecule has 0 saturated carbocycles. The molecule has 0 radical (unpaired) electrons. The molecule has 0 saturated heterocycles. The molecule has 0 unspecified atom stereocenters. The van der Waals surface area contributed by atoms with Gasteiger partial charge in [-0.15, -0.1) is 0 Å². The van der Waals surface area contributed by atoms with E-state index in [-0.39, 0.29) is 0 Å². The number of benzene rings is 2. The van der Waals surface area contributed by atoms with Gasteiger partial charge in [-0.25, -0.2) is 4.57 Å². The van der Waals surface area contributed by atoms with Gasteiger partial charge in [-0.05, 0) is 34.7 Å². The quantitative estimate of drug-likeness (QED) is 0.390. The van der Waals surface area contributed by atoms with Crippen LogP contribution in [0.2, 0.25) is 0 Å². The summed E-state index contributed by atoms with van der Waals surface area (Å²) < 4.78 is 2.24. The zero-order valence-corrected chi connectivity index (χ0v) is 11.0.